The summed E-state index contributed by atoms with van der Waals surface area (Å²) in [6.45, 7) is 0. The maximum Gasteiger partial charge on any atom is 0.299 e. The van der Waals surface area contributed by atoms with Crippen LogP contribution < -0.4 is 5.32 Å². The molecule has 2 aliphatic carbocycles. The predicted molar refractivity (Wildman–Crippen MR) is 108 cm³/mol. The van der Waals surface area contributed by atoms with Gasteiger partial charge in [-0.05, 0) is 43.2 Å². The van der Waals surface area contributed by atoms with Gasteiger partial charge in [-0.1, -0.05) is 30.9 Å². The molecule has 0 bridgehead atoms. The van der Waals surface area contributed by atoms with Gasteiger partial charge in [0, 0.05) is 11.1 Å². The Labute approximate surface area is 170 Å². The van der Waals surface area contributed by atoms with Crippen molar-refractivity contribution < 1.29 is 22.5 Å². The van der Waals surface area contributed by atoms with E-state index in [2.05, 4.69) is 10.1 Å². The summed E-state index contributed by atoms with van der Waals surface area (Å²) >= 11 is 5.49. The lowest BCUT2D eigenvalue weighted by atomic mass is 9.95. The Kier molecular flexibility index (Phi) is 8.26. The highest BCUT2D eigenvalue weighted by Crippen LogP contribution is 2.22. The first kappa shape index (κ1) is 22.2. The minimum absolute atomic E-state index is 0.151. The first-order valence-electron chi connectivity index (χ1n) is 9.00. The van der Waals surface area contributed by atoms with Gasteiger partial charge >= 0.3 is 0 Å². The standard InChI is InChI=1S/C13H19N3O.C6H5ClO3S/c1-17-13-9-11(16-14)7-8-12(13)15-10-5-3-2-4-6-10;7-5-1-3-6(4-2-5)11(8,9)10/h8-10,15H,2-7H2,1H3;1-4H,(H,8,9,10). The van der Waals surface area contributed by atoms with E-state index < -0.39 is 10.1 Å². The molecule has 0 radical (unpaired) electrons. The molecule has 0 unspecified atom stereocenters. The predicted octanol–water partition coefficient (Wildman–Crippen LogP) is 3.98. The van der Waals surface area contributed by atoms with Gasteiger partial charge in [0.25, 0.3) is 15.8 Å². The molecule has 2 N–H and O–H groups in total. The molecular formula is C19H24ClN3O4S. The Bertz CT molecular complexity index is 882. The van der Waals surface area contributed by atoms with Crippen LogP contribution in [0.25, 0.3) is 5.53 Å². The molecule has 0 atom stereocenters. The maximum absolute atomic E-state index is 10.5. The van der Waals surface area contributed by atoms with Crippen LogP contribution in [0, 0.1) is 0 Å². The molecular weight excluding hydrogens is 402 g/mol. The molecule has 9 heteroatoms. The van der Waals surface area contributed by atoms with Gasteiger partial charge in [-0.2, -0.15) is 13.2 Å². The van der Waals surface area contributed by atoms with Crippen LogP contribution in [0.2, 0.25) is 5.02 Å². The molecule has 1 saturated carbocycles. The zero-order valence-corrected chi connectivity index (χ0v) is 17.2. The van der Waals surface area contributed by atoms with Crippen molar-refractivity contribution in [3.05, 3.63) is 58.4 Å². The monoisotopic (exact) mass is 425 g/mol. The van der Waals surface area contributed by atoms with E-state index in [9.17, 15) is 8.42 Å². The third-order valence-corrected chi connectivity index (χ3v) is 5.62. The number of ether oxygens (including phenoxy) is 1. The molecule has 3 rings (SSSR count). The van der Waals surface area contributed by atoms with E-state index in [-0.39, 0.29) is 4.90 Å². The minimum atomic E-state index is -4.08. The lowest BCUT2D eigenvalue weighted by molar-refractivity contribution is -0.00580. The smallest absolute Gasteiger partial charge is 0.299 e. The number of nitrogens with one attached hydrogen (secondary N) is 1. The van der Waals surface area contributed by atoms with Gasteiger partial charge in [-0.15, -0.1) is 0 Å². The number of hydrogen-bond donors (Lipinski definition) is 2. The topological polar surface area (TPSA) is 112 Å². The number of halogens is 1. The zero-order chi connectivity index (χ0) is 20.6. The molecule has 152 valence electrons. The van der Waals surface area contributed by atoms with Crippen LogP contribution in [0.3, 0.4) is 0 Å². The number of hydrogen-bond acceptors (Lipinski definition) is 4. The molecule has 0 aromatic heterocycles. The summed E-state index contributed by atoms with van der Waals surface area (Å²) in [5.74, 6) is 0.759. The summed E-state index contributed by atoms with van der Waals surface area (Å²) in [5.41, 5.74) is 10.4. The Morgan fingerprint density at radius 3 is 2.39 bits per heavy atom. The van der Waals surface area contributed by atoms with E-state index in [1.165, 1.54) is 56.4 Å². The van der Waals surface area contributed by atoms with Crippen LogP contribution in [0.1, 0.15) is 38.5 Å². The fourth-order valence-electron chi connectivity index (χ4n) is 3.04. The largest absolute Gasteiger partial charge is 0.494 e. The normalized spacial score (nSPS) is 17.5. The van der Waals surface area contributed by atoms with Gasteiger partial charge in [-0.25, -0.2) is 0 Å². The average molecular weight is 426 g/mol. The SMILES string of the molecule is COC1=CC(=[N+]=[N-])CC=C1NC1CCCCC1.O=S(=O)(O)c1ccc(Cl)cc1. The summed E-state index contributed by atoms with van der Waals surface area (Å²) in [4.78, 5) is 3.06. The summed E-state index contributed by atoms with van der Waals surface area (Å²) < 4.78 is 34.7. The average Bonchev–Trinajstić information content (AvgIpc) is 2.69. The number of allylic oxidation sites excluding steroid dienone is 2. The van der Waals surface area contributed by atoms with Crippen molar-refractivity contribution in [3.8, 4) is 0 Å². The first-order valence-corrected chi connectivity index (χ1v) is 10.8. The fraction of sp³-hybridized carbons (Fsp3) is 0.421. The summed E-state index contributed by atoms with van der Waals surface area (Å²) in [5, 5.41) is 3.96. The maximum atomic E-state index is 10.5. The van der Waals surface area contributed by atoms with E-state index in [0.29, 0.717) is 23.2 Å². The molecule has 2 aliphatic rings. The second-order valence-electron chi connectivity index (χ2n) is 6.53. The van der Waals surface area contributed by atoms with Gasteiger partial charge < -0.3 is 15.6 Å². The Morgan fingerprint density at radius 2 is 1.86 bits per heavy atom. The van der Waals surface area contributed by atoms with Crippen molar-refractivity contribution in [1.82, 2.24) is 5.32 Å². The molecule has 1 aromatic carbocycles. The second kappa shape index (κ2) is 10.4. The summed E-state index contributed by atoms with van der Waals surface area (Å²) in [6.07, 6.45) is 10.9. The minimum Gasteiger partial charge on any atom is -0.494 e. The van der Waals surface area contributed by atoms with Crippen LogP contribution in [-0.4, -0.2) is 36.6 Å². The van der Waals surface area contributed by atoms with E-state index in [4.69, 9.17) is 26.4 Å². The first-order chi connectivity index (χ1) is 13.3. The summed E-state index contributed by atoms with van der Waals surface area (Å²) in [6, 6.07) is 5.81. The molecule has 0 aliphatic heterocycles. The highest BCUT2D eigenvalue weighted by Gasteiger charge is 2.21. The molecule has 28 heavy (non-hydrogen) atoms. The zero-order valence-electron chi connectivity index (χ0n) is 15.6. The van der Waals surface area contributed by atoms with Crippen molar-refractivity contribution in [2.45, 2.75) is 49.5 Å². The van der Waals surface area contributed by atoms with E-state index in [1.54, 1.807) is 13.2 Å². The van der Waals surface area contributed by atoms with Gasteiger partial charge in [0.15, 0.2) is 0 Å². The van der Waals surface area contributed by atoms with Gasteiger partial charge in [0.05, 0.1) is 30.2 Å². The Balaban J connectivity index is 0.000000221. The highest BCUT2D eigenvalue weighted by atomic mass is 35.5. The third-order valence-electron chi connectivity index (χ3n) is 4.50. The molecule has 0 spiro atoms. The van der Waals surface area contributed by atoms with Gasteiger partial charge in [0.1, 0.15) is 5.76 Å². The quantitative estimate of drug-likeness (QED) is 0.430. The summed E-state index contributed by atoms with van der Waals surface area (Å²) in [7, 11) is -2.44. The lowest BCUT2D eigenvalue weighted by Crippen LogP contribution is -2.32. The number of nitrogens with zero attached hydrogens (tertiary/aromatic N) is 2. The number of benzene rings is 1. The fourth-order valence-corrected chi connectivity index (χ4v) is 3.64. The molecule has 0 heterocycles. The van der Waals surface area contributed by atoms with Crippen molar-refractivity contribution in [2.75, 3.05) is 7.11 Å². The number of rotatable bonds is 4. The van der Waals surface area contributed by atoms with Crippen molar-refractivity contribution in [2.24, 2.45) is 0 Å². The number of methoxy groups -OCH3 is 1. The Morgan fingerprint density at radius 1 is 1.21 bits per heavy atom. The van der Waals surface area contributed by atoms with Crippen LogP contribution >= 0.6 is 11.6 Å². The van der Waals surface area contributed by atoms with Gasteiger partial charge in [-0.3, -0.25) is 4.55 Å². The molecule has 7 nitrogen and oxygen atoms in total. The molecule has 1 aromatic rings. The molecule has 0 saturated heterocycles. The van der Waals surface area contributed by atoms with Crippen LogP contribution in [0.5, 0.6) is 0 Å². The Hall–Kier alpha value is -2.12. The highest BCUT2D eigenvalue weighted by molar-refractivity contribution is 7.85. The van der Waals surface area contributed by atoms with Crippen molar-refractivity contribution >= 4 is 27.4 Å². The van der Waals surface area contributed by atoms with Gasteiger partial charge in [0.2, 0.25) is 0 Å². The van der Waals surface area contributed by atoms with Crippen LogP contribution in [0.15, 0.2) is 52.8 Å². The molecule has 0 amide bonds. The second-order valence-corrected chi connectivity index (χ2v) is 8.39. The lowest BCUT2D eigenvalue weighted by Gasteiger charge is -2.26. The van der Waals surface area contributed by atoms with Crippen molar-refractivity contribution in [3.63, 3.8) is 0 Å². The van der Waals surface area contributed by atoms with Crippen molar-refractivity contribution in [1.29, 1.82) is 0 Å². The molecule has 1 fully saturated rings. The van der Waals surface area contributed by atoms with Crippen LogP contribution in [-0.2, 0) is 14.9 Å². The van der Waals surface area contributed by atoms with E-state index in [0.717, 1.165) is 11.5 Å². The van der Waals surface area contributed by atoms with Crippen LogP contribution in [0.4, 0.5) is 0 Å². The third kappa shape index (κ3) is 6.80. The van der Waals surface area contributed by atoms with E-state index >= 15 is 0 Å². The van der Waals surface area contributed by atoms with E-state index in [1.807, 2.05) is 6.08 Å².